The first-order valence-electron chi connectivity index (χ1n) is 11.8. The number of hydrogen-bond acceptors (Lipinski definition) is 6. The van der Waals surface area contributed by atoms with Gasteiger partial charge in [0.1, 0.15) is 36.9 Å². The largest absolute Gasteiger partial charge is 0.489 e. The van der Waals surface area contributed by atoms with Crippen LogP contribution in [0.1, 0.15) is 50.0 Å². The lowest BCUT2D eigenvalue weighted by molar-refractivity contribution is -0.147. The second-order valence-electron chi connectivity index (χ2n) is 8.50. The molecule has 2 aromatic rings. The molecular weight excluding hydrogens is 456 g/mol. The molecule has 36 heavy (non-hydrogen) atoms. The standard InChI is InChI=1S/C30H32O6/c1-21-7-5-9-29(35-23(3)31)25-13-17-28(18-14-25)34-20-22(2)8-6-10-30(36-24(4)32)26-11-15-27(16-12-26)33-19-21/h5-8,11-18,29-30H,1-2,9-10,19-20H2,3-4H3/b7-5+,8-6+. The summed E-state index contributed by atoms with van der Waals surface area (Å²) in [5.41, 5.74) is 3.27. The average Bonchev–Trinajstić information content (AvgIpc) is 2.85. The van der Waals surface area contributed by atoms with Crippen molar-refractivity contribution in [3.63, 3.8) is 0 Å². The molecule has 6 heteroatoms. The van der Waals surface area contributed by atoms with Gasteiger partial charge in [0.2, 0.25) is 0 Å². The SMILES string of the molecule is C=C1/C=C/CC(OC(C)=O)c2ccc(cc2)OCC(=C)/C=C/CC(OC(C)=O)c2ccc(cc2)OC1. The van der Waals surface area contributed by atoms with E-state index in [0.29, 0.717) is 37.6 Å². The van der Waals surface area contributed by atoms with E-state index in [1.807, 2.05) is 72.8 Å². The number of benzene rings is 2. The maximum atomic E-state index is 11.6. The number of hydrogen-bond donors (Lipinski definition) is 0. The molecule has 4 aliphatic heterocycles. The number of esters is 2. The molecule has 0 aliphatic carbocycles. The summed E-state index contributed by atoms with van der Waals surface area (Å²) >= 11 is 0. The fraction of sp³-hybridized carbons (Fsp3) is 0.267. The third-order valence-corrected chi connectivity index (χ3v) is 5.38. The van der Waals surface area contributed by atoms with Crippen molar-refractivity contribution >= 4 is 11.9 Å². The Morgan fingerprint density at radius 2 is 1.06 bits per heavy atom. The summed E-state index contributed by atoms with van der Waals surface area (Å²) in [4.78, 5) is 23.3. The van der Waals surface area contributed by atoms with Gasteiger partial charge in [-0.15, -0.1) is 0 Å². The van der Waals surface area contributed by atoms with Crippen LogP contribution < -0.4 is 9.47 Å². The van der Waals surface area contributed by atoms with Crippen LogP contribution in [0.25, 0.3) is 0 Å². The van der Waals surface area contributed by atoms with Crippen LogP contribution in [0.15, 0.2) is 97.1 Å². The van der Waals surface area contributed by atoms with Crippen LogP contribution in [-0.4, -0.2) is 25.2 Å². The molecule has 4 heterocycles. The van der Waals surface area contributed by atoms with Crippen LogP contribution in [-0.2, 0) is 19.1 Å². The van der Waals surface area contributed by atoms with E-state index < -0.39 is 12.2 Å². The fourth-order valence-electron chi connectivity index (χ4n) is 3.63. The van der Waals surface area contributed by atoms with E-state index in [2.05, 4.69) is 13.2 Å². The highest BCUT2D eigenvalue weighted by Crippen LogP contribution is 2.27. The van der Waals surface area contributed by atoms with E-state index in [0.717, 1.165) is 22.3 Å². The van der Waals surface area contributed by atoms with E-state index in [9.17, 15) is 9.59 Å². The topological polar surface area (TPSA) is 71.1 Å². The predicted octanol–water partition coefficient (Wildman–Crippen LogP) is 6.37. The second-order valence-corrected chi connectivity index (χ2v) is 8.50. The Labute approximate surface area is 212 Å². The summed E-state index contributed by atoms with van der Waals surface area (Å²) in [7, 11) is 0. The minimum atomic E-state index is -0.421. The molecule has 0 spiro atoms. The van der Waals surface area contributed by atoms with Crippen molar-refractivity contribution in [2.24, 2.45) is 0 Å². The number of ether oxygens (including phenoxy) is 4. The molecule has 2 atom stereocenters. The van der Waals surface area contributed by atoms with Gasteiger partial charge in [-0.3, -0.25) is 9.59 Å². The molecule has 0 radical (unpaired) electrons. The molecule has 4 aliphatic rings. The Morgan fingerprint density at radius 1 is 0.694 bits per heavy atom. The van der Waals surface area contributed by atoms with E-state index in [4.69, 9.17) is 18.9 Å². The molecule has 0 saturated heterocycles. The fourth-order valence-corrected chi connectivity index (χ4v) is 3.63. The predicted molar refractivity (Wildman–Crippen MR) is 139 cm³/mol. The molecule has 2 unspecified atom stereocenters. The van der Waals surface area contributed by atoms with Crippen LogP contribution in [0.4, 0.5) is 0 Å². The summed E-state index contributed by atoms with van der Waals surface area (Å²) in [6, 6.07) is 14.9. The Bertz CT molecular complexity index is 1030. The quantitative estimate of drug-likeness (QED) is 0.458. The van der Waals surface area contributed by atoms with E-state index in [-0.39, 0.29) is 11.9 Å². The van der Waals surface area contributed by atoms with Crippen LogP contribution in [0.5, 0.6) is 11.5 Å². The molecule has 0 N–H and O–H groups in total. The average molecular weight is 489 g/mol. The lowest BCUT2D eigenvalue weighted by atomic mass is 10.0. The van der Waals surface area contributed by atoms with Crippen molar-refractivity contribution < 1.29 is 28.5 Å². The molecule has 188 valence electrons. The number of carbonyl (C=O) groups is 2. The van der Waals surface area contributed by atoms with Crippen molar-refractivity contribution in [3.8, 4) is 11.5 Å². The van der Waals surface area contributed by atoms with Gasteiger partial charge in [-0.05, 0) is 46.5 Å². The molecule has 6 nitrogen and oxygen atoms in total. The van der Waals surface area contributed by atoms with Crippen LogP contribution in [0.2, 0.25) is 0 Å². The van der Waals surface area contributed by atoms with Crippen LogP contribution in [0.3, 0.4) is 0 Å². The van der Waals surface area contributed by atoms with Crippen molar-refractivity contribution in [3.05, 3.63) is 108 Å². The molecule has 4 bridgehead atoms. The van der Waals surface area contributed by atoms with Gasteiger partial charge in [-0.1, -0.05) is 61.7 Å². The minimum Gasteiger partial charge on any atom is -0.489 e. The van der Waals surface area contributed by atoms with Gasteiger partial charge in [0.25, 0.3) is 0 Å². The third-order valence-electron chi connectivity index (χ3n) is 5.38. The van der Waals surface area contributed by atoms with E-state index >= 15 is 0 Å². The minimum absolute atomic E-state index is 0.304. The molecule has 0 aromatic heterocycles. The normalized spacial score (nSPS) is 20.7. The zero-order chi connectivity index (χ0) is 25.9. The molecule has 6 rings (SSSR count). The molecule has 0 saturated carbocycles. The highest BCUT2D eigenvalue weighted by atomic mass is 16.5. The molecule has 2 aromatic carbocycles. The first-order chi connectivity index (χ1) is 17.3. The first-order valence-corrected chi connectivity index (χ1v) is 11.8. The van der Waals surface area contributed by atoms with Crippen molar-refractivity contribution in [1.29, 1.82) is 0 Å². The Hall–Kier alpha value is -4.06. The highest BCUT2D eigenvalue weighted by molar-refractivity contribution is 5.66. The molecule has 0 fully saturated rings. The Kier molecular flexibility index (Phi) is 9.69. The van der Waals surface area contributed by atoms with E-state index in [1.54, 1.807) is 0 Å². The zero-order valence-corrected chi connectivity index (χ0v) is 20.8. The summed E-state index contributed by atoms with van der Waals surface area (Å²) in [6.45, 7) is 11.5. The maximum absolute atomic E-state index is 11.6. The Morgan fingerprint density at radius 3 is 1.39 bits per heavy atom. The summed E-state index contributed by atoms with van der Waals surface area (Å²) < 4.78 is 22.7. The van der Waals surface area contributed by atoms with Gasteiger partial charge in [0, 0.05) is 26.7 Å². The monoisotopic (exact) mass is 488 g/mol. The summed E-state index contributed by atoms with van der Waals surface area (Å²) in [6.07, 6.45) is 7.70. The summed E-state index contributed by atoms with van der Waals surface area (Å²) in [5.74, 6) is 0.659. The third kappa shape index (κ3) is 8.62. The van der Waals surface area contributed by atoms with Gasteiger partial charge >= 0.3 is 11.9 Å². The smallest absolute Gasteiger partial charge is 0.303 e. The van der Waals surface area contributed by atoms with Gasteiger partial charge in [-0.25, -0.2) is 0 Å². The van der Waals surface area contributed by atoms with E-state index in [1.165, 1.54) is 13.8 Å². The second kappa shape index (κ2) is 13.1. The van der Waals surface area contributed by atoms with Crippen molar-refractivity contribution in [2.45, 2.75) is 38.9 Å². The van der Waals surface area contributed by atoms with Crippen molar-refractivity contribution in [2.75, 3.05) is 13.2 Å². The van der Waals surface area contributed by atoms with Crippen molar-refractivity contribution in [1.82, 2.24) is 0 Å². The van der Waals surface area contributed by atoms with Gasteiger partial charge in [-0.2, -0.15) is 0 Å². The number of rotatable bonds is 2. The van der Waals surface area contributed by atoms with Gasteiger partial charge in [0.15, 0.2) is 0 Å². The molecular formula is C30H32O6. The number of carbonyl (C=O) groups excluding carboxylic acids is 2. The molecule has 0 amide bonds. The lowest BCUT2D eigenvalue weighted by Gasteiger charge is -2.17. The summed E-state index contributed by atoms with van der Waals surface area (Å²) in [5, 5.41) is 0. The van der Waals surface area contributed by atoms with Crippen LogP contribution >= 0.6 is 0 Å². The Balaban J connectivity index is 1.82. The van der Waals surface area contributed by atoms with Gasteiger partial charge < -0.3 is 18.9 Å². The zero-order valence-electron chi connectivity index (χ0n) is 20.8. The van der Waals surface area contributed by atoms with Crippen LogP contribution in [0, 0.1) is 0 Å². The maximum Gasteiger partial charge on any atom is 0.303 e. The lowest BCUT2D eigenvalue weighted by Crippen LogP contribution is -2.09. The van der Waals surface area contributed by atoms with Gasteiger partial charge in [0.05, 0.1) is 0 Å². The highest BCUT2D eigenvalue weighted by Gasteiger charge is 2.15. The first kappa shape index (κ1) is 26.5.